The molecule has 0 amide bonds. The van der Waals surface area contributed by atoms with Gasteiger partial charge < -0.3 is 5.11 Å². The second-order valence-corrected chi connectivity index (χ2v) is 4.04. The van der Waals surface area contributed by atoms with Gasteiger partial charge in [0.15, 0.2) is 0 Å². The maximum Gasteiger partial charge on any atom is 0.132 e. The van der Waals surface area contributed by atoms with Crippen molar-refractivity contribution >= 4 is 0 Å². The highest BCUT2D eigenvalue weighted by Gasteiger charge is 2.28. The van der Waals surface area contributed by atoms with Gasteiger partial charge in [0.05, 0.1) is 6.04 Å². The normalized spacial score (nSPS) is 23.1. The van der Waals surface area contributed by atoms with Gasteiger partial charge in [0.1, 0.15) is 6.23 Å². The lowest BCUT2D eigenvalue weighted by atomic mass is 9.98. The molecular weight excluding hydrogens is 198 g/mol. The van der Waals surface area contributed by atoms with E-state index in [0.717, 1.165) is 5.56 Å². The number of fused-ring (bicyclic) bond motifs is 1. The van der Waals surface area contributed by atoms with Crippen molar-refractivity contribution in [3.8, 4) is 0 Å². The second kappa shape index (κ2) is 3.74. The number of hydrogen-bond donors (Lipinski definition) is 2. The minimum Gasteiger partial charge on any atom is -0.374 e. The summed E-state index contributed by atoms with van der Waals surface area (Å²) in [6, 6.07) is 18.3. The molecular formula is C14H13NO. The first-order chi connectivity index (χ1) is 7.86. The van der Waals surface area contributed by atoms with Crippen LogP contribution in [-0.4, -0.2) is 5.11 Å². The summed E-state index contributed by atoms with van der Waals surface area (Å²) >= 11 is 0. The number of nitrogens with one attached hydrogen (secondary N) is 1. The van der Waals surface area contributed by atoms with Crippen molar-refractivity contribution in [2.45, 2.75) is 12.3 Å². The van der Waals surface area contributed by atoms with Crippen molar-refractivity contribution in [2.24, 2.45) is 0 Å². The average molecular weight is 211 g/mol. The second-order valence-electron chi connectivity index (χ2n) is 4.04. The van der Waals surface area contributed by atoms with E-state index in [1.807, 2.05) is 36.4 Å². The van der Waals surface area contributed by atoms with Crippen LogP contribution in [0.5, 0.6) is 0 Å². The monoisotopic (exact) mass is 211 g/mol. The van der Waals surface area contributed by atoms with Gasteiger partial charge in [0.2, 0.25) is 0 Å². The van der Waals surface area contributed by atoms with Crippen molar-refractivity contribution in [3.63, 3.8) is 0 Å². The molecule has 2 atom stereocenters. The van der Waals surface area contributed by atoms with Crippen LogP contribution in [0.25, 0.3) is 0 Å². The van der Waals surface area contributed by atoms with Crippen LogP contribution < -0.4 is 5.32 Å². The summed E-state index contributed by atoms with van der Waals surface area (Å²) in [6.45, 7) is 0. The van der Waals surface area contributed by atoms with Crippen molar-refractivity contribution in [2.75, 3.05) is 0 Å². The molecule has 2 aromatic rings. The van der Waals surface area contributed by atoms with Gasteiger partial charge in [-0.3, -0.25) is 5.32 Å². The molecule has 0 aromatic heterocycles. The molecule has 16 heavy (non-hydrogen) atoms. The van der Waals surface area contributed by atoms with E-state index in [1.165, 1.54) is 11.1 Å². The Labute approximate surface area is 94.6 Å². The molecule has 1 heterocycles. The van der Waals surface area contributed by atoms with E-state index in [2.05, 4.69) is 23.5 Å². The molecule has 2 unspecified atom stereocenters. The molecule has 0 aliphatic carbocycles. The fraction of sp³-hybridized carbons (Fsp3) is 0.143. The minimum atomic E-state index is -0.554. The van der Waals surface area contributed by atoms with Gasteiger partial charge in [-0.05, 0) is 11.1 Å². The molecule has 1 aliphatic rings. The van der Waals surface area contributed by atoms with E-state index in [1.54, 1.807) is 0 Å². The average Bonchev–Trinajstić information content (AvgIpc) is 2.69. The molecule has 1 aliphatic heterocycles. The Balaban J connectivity index is 2.07. The molecule has 0 saturated heterocycles. The van der Waals surface area contributed by atoms with Crippen LogP contribution in [0.15, 0.2) is 54.6 Å². The van der Waals surface area contributed by atoms with E-state index in [0.29, 0.717) is 0 Å². The number of hydrogen-bond acceptors (Lipinski definition) is 2. The topological polar surface area (TPSA) is 32.3 Å². The summed E-state index contributed by atoms with van der Waals surface area (Å²) in [7, 11) is 0. The van der Waals surface area contributed by atoms with Crippen molar-refractivity contribution in [3.05, 3.63) is 71.3 Å². The number of aliphatic hydroxyl groups excluding tert-OH is 1. The molecule has 0 bridgehead atoms. The highest BCUT2D eigenvalue weighted by Crippen LogP contribution is 2.35. The van der Waals surface area contributed by atoms with Crippen LogP contribution in [0.3, 0.4) is 0 Å². The van der Waals surface area contributed by atoms with E-state index < -0.39 is 6.23 Å². The molecule has 2 N–H and O–H groups in total. The summed E-state index contributed by atoms with van der Waals surface area (Å²) in [6.07, 6.45) is -0.554. The smallest absolute Gasteiger partial charge is 0.132 e. The molecule has 2 aromatic carbocycles. The highest BCUT2D eigenvalue weighted by molar-refractivity contribution is 5.42. The Kier molecular flexibility index (Phi) is 2.24. The van der Waals surface area contributed by atoms with Crippen molar-refractivity contribution < 1.29 is 5.11 Å². The minimum absolute atomic E-state index is 0.104. The molecule has 2 heteroatoms. The molecule has 3 rings (SSSR count). The lowest BCUT2D eigenvalue weighted by Gasteiger charge is -2.12. The van der Waals surface area contributed by atoms with Crippen LogP contribution >= 0.6 is 0 Å². The first kappa shape index (κ1) is 9.58. The fourth-order valence-corrected chi connectivity index (χ4v) is 2.28. The van der Waals surface area contributed by atoms with Gasteiger partial charge >= 0.3 is 0 Å². The van der Waals surface area contributed by atoms with Gasteiger partial charge in [-0.2, -0.15) is 0 Å². The van der Waals surface area contributed by atoms with Crippen LogP contribution in [0, 0.1) is 0 Å². The molecule has 0 radical (unpaired) electrons. The Morgan fingerprint density at radius 3 is 2.19 bits per heavy atom. The lowest BCUT2D eigenvalue weighted by Crippen LogP contribution is -2.17. The van der Waals surface area contributed by atoms with E-state index >= 15 is 0 Å². The summed E-state index contributed by atoms with van der Waals surface area (Å²) in [4.78, 5) is 0. The van der Waals surface area contributed by atoms with E-state index in [4.69, 9.17) is 0 Å². The zero-order valence-electron chi connectivity index (χ0n) is 8.80. The van der Waals surface area contributed by atoms with Gasteiger partial charge in [-0.1, -0.05) is 54.6 Å². The lowest BCUT2D eigenvalue weighted by molar-refractivity contribution is 0.146. The molecule has 0 saturated carbocycles. The van der Waals surface area contributed by atoms with Gasteiger partial charge in [-0.15, -0.1) is 0 Å². The number of benzene rings is 2. The Morgan fingerprint density at radius 1 is 0.812 bits per heavy atom. The maximum atomic E-state index is 9.90. The molecule has 2 nitrogen and oxygen atoms in total. The van der Waals surface area contributed by atoms with Gasteiger partial charge in [0.25, 0.3) is 0 Å². The first-order valence-corrected chi connectivity index (χ1v) is 5.44. The number of rotatable bonds is 1. The Bertz CT molecular complexity index is 495. The molecule has 0 fully saturated rings. The van der Waals surface area contributed by atoms with Crippen molar-refractivity contribution in [1.29, 1.82) is 0 Å². The van der Waals surface area contributed by atoms with E-state index in [9.17, 15) is 5.11 Å². The third-order valence-electron chi connectivity index (χ3n) is 3.06. The predicted octanol–water partition coefficient (Wildman–Crippen LogP) is 2.37. The quantitative estimate of drug-likeness (QED) is 0.759. The van der Waals surface area contributed by atoms with Crippen molar-refractivity contribution in [1.82, 2.24) is 5.32 Å². The molecule has 80 valence electrons. The SMILES string of the molecule is OC1NC(c2ccccc2)c2ccccc21. The largest absolute Gasteiger partial charge is 0.374 e. The molecule has 0 spiro atoms. The zero-order chi connectivity index (χ0) is 11.0. The Hall–Kier alpha value is -1.64. The standard InChI is InChI=1S/C14H13NO/c16-14-12-9-5-4-8-11(12)13(15-14)10-6-2-1-3-7-10/h1-9,13-16H. The van der Waals surface area contributed by atoms with Crippen LogP contribution in [0.4, 0.5) is 0 Å². The van der Waals surface area contributed by atoms with E-state index in [-0.39, 0.29) is 6.04 Å². The maximum absolute atomic E-state index is 9.90. The fourth-order valence-electron chi connectivity index (χ4n) is 2.28. The van der Waals surface area contributed by atoms with Gasteiger partial charge in [-0.25, -0.2) is 0 Å². The summed E-state index contributed by atoms with van der Waals surface area (Å²) in [5.41, 5.74) is 3.34. The van der Waals surface area contributed by atoms with Crippen LogP contribution in [-0.2, 0) is 0 Å². The summed E-state index contributed by atoms with van der Waals surface area (Å²) < 4.78 is 0. The number of aliphatic hydroxyl groups is 1. The zero-order valence-corrected chi connectivity index (χ0v) is 8.80. The first-order valence-electron chi connectivity index (χ1n) is 5.44. The summed E-state index contributed by atoms with van der Waals surface area (Å²) in [5, 5.41) is 13.1. The third-order valence-corrected chi connectivity index (χ3v) is 3.06. The van der Waals surface area contributed by atoms with Crippen LogP contribution in [0.2, 0.25) is 0 Å². The predicted molar refractivity (Wildman–Crippen MR) is 62.8 cm³/mol. The summed E-state index contributed by atoms with van der Waals surface area (Å²) in [5.74, 6) is 0. The van der Waals surface area contributed by atoms with Gasteiger partial charge in [0, 0.05) is 5.56 Å². The third kappa shape index (κ3) is 1.43. The highest BCUT2D eigenvalue weighted by atomic mass is 16.3. The van der Waals surface area contributed by atoms with Crippen LogP contribution in [0.1, 0.15) is 29.0 Å². The Morgan fingerprint density at radius 2 is 1.44 bits per heavy atom.